The minimum atomic E-state index is -0.474. The maximum atomic E-state index is 10.7. The average molecular weight is 232 g/mol. The summed E-state index contributed by atoms with van der Waals surface area (Å²) in [5, 5.41) is 10.7. The highest BCUT2D eigenvalue weighted by Crippen LogP contribution is 2.38. The summed E-state index contributed by atoms with van der Waals surface area (Å²) in [7, 11) is 0. The molecule has 1 aliphatic rings. The highest BCUT2D eigenvalue weighted by atomic mass is 16.3. The molecule has 0 spiro atoms. The lowest BCUT2D eigenvalue weighted by Gasteiger charge is -2.39. The Bertz CT molecular complexity index is 385. The lowest BCUT2D eigenvalue weighted by molar-refractivity contribution is -0.0280. The van der Waals surface area contributed by atoms with Crippen molar-refractivity contribution in [2.75, 3.05) is 0 Å². The molecular weight excluding hydrogens is 208 g/mol. The van der Waals surface area contributed by atoms with E-state index in [1.54, 1.807) is 0 Å². The van der Waals surface area contributed by atoms with E-state index in [0.717, 1.165) is 31.6 Å². The van der Waals surface area contributed by atoms with Gasteiger partial charge in [0.2, 0.25) is 0 Å². The van der Waals surface area contributed by atoms with Crippen LogP contribution in [0.2, 0.25) is 0 Å². The zero-order valence-corrected chi connectivity index (χ0v) is 11.2. The first-order chi connectivity index (χ1) is 8.00. The molecule has 1 fully saturated rings. The van der Waals surface area contributed by atoms with Crippen LogP contribution in [0.5, 0.6) is 0 Å². The Kier molecular flexibility index (Phi) is 3.58. The molecule has 0 aromatic heterocycles. The molecule has 3 atom stereocenters. The molecule has 1 N–H and O–H groups in total. The first kappa shape index (κ1) is 12.6. The maximum Gasteiger partial charge on any atom is 0.0690 e. The normalized spacial score (nSPS) is 33.6. The highest BCUT2D eigenvalue weighted by Gasteiger charge is 2.35. The summed E-state index contributed by atoms with van der Waals surface area (Å²) in [5.41, 5.74) is 2.13. The summed E-state index contributed by atoms with van der Waals surface area (Å²) in [5.74, 6) is 1.39. The third-order valence-electron chi connectivity index (χ3n) is 4.52. The van der Waals surface area contributed by atoms with Gasteiger partial charge in [0, 0.05) is 6.42 Å². The minimum absolute atomic E-state index is 0.474. The lowest BCUT2D eigenvalue weighted by Crippen LogP contribution is -2.39. The van der Waals surface area contributed by atoms with Gasteiger partial charge in [-0.25, -0.2) is 0 Å². The zero-order valence-electron chi connectivity index (χ0n) is 11.2. The van der Waals surface area contributed by atoms with Gasteiger partial charge in [0.05, 0.1) is 5.60 Å². The van der Waals surface area contributed by atoms with Crippen molar-refractivity contribution in [1.82, 2.24) is 0 Å². The Hall–Kier alpha value is -0.820. The molecule has 1 saturated carbocycles. The van der Waals surface area contributed by atoms with Crippen LogP contribution in [-0.2, 0) is 6.42 Å². The van der Waals surface area contributed by atoms with E-state index in [1.807, 2.05) is 0 Å². The lowest BCUT2D eigenvalue weighted by atomic mass is 9.71. The third kappa shape index (κ3) is 2.90. The van der Waals surface area contributed by atoms with Gasteiger partial charge in [-0.05, 0) is 49.1 Å². The molecule has 2 rings (SSSR count). The molecule has 1 nitrogen and oxygen atoms in total. The predicted octanol–water partition coefficient (Wildman–Crippen LogP) is 3.72. The Morgan fingerprint density at radius 2 is 1.94 bits per heavy atom. The second-order valence-electron chi connectivity index (χ2n) is 6.02. The Labute approximate surface area is 105 Å². The van der Waals surface area contributed by atoms with Gasteiger partial charge in [0.25, 0.3) is 0 Å². The summed E-state index contributed by atoms with van der Waals surface area (Å²) >= 11 is 0. The molecule has 0 bridgehead atoms. The second kappa shape index (κ2) is 4.81. The summed E-state index contributed by atoms with van der Waals surface area (Å²) in [6.07, 6.45) is 3.87. The van der Waals surface area contributed by atoms with E-state index in [2.05, 4.69) is 45.0 Å². The van der Waals surface area contributed by atoms with Gasteiger partial charge < -0.3 is 5.11 Å². The first-order valence-corrected chi connectivity index (χ1v) is 6.77. The summed E-state index contributed by atoms with van der Waals surface area (Å²) in [4.78, 5) is 0. The molecule has 0 aliphatic heterocycles. The summed E-state index contributed by atoms with van der Waals surface area (Å²) < 4.78 is 0. The molecule has 1 heteroatoms. The van der Waals surface area contributed by atoms with Crippen LogP contribution in [-0.4, -0.2) is 10.7 Å². The smallest absolute Gasteiger partial charge is 0.0690 e. The standard InChI is InChI=1S/C16H24O/c1-12-8-9-16(17,10-14(12)3)11-15-7-5-4-6-13(15)2/h4-7,12,14,17H,8-11H2,1-3H3. The van der Waals surface area contributed by atoms with Crippen LogP contribution in [0.15, 0.2) is 24.3 Å². The SMILES string of the molecule is Cc1ccccc1CC1(O)CCC(C)C(C)C1. The number of hydrogen-bond donors (Lipinski definition) is 1. The van der Waals surface area contributed by atoms with Crippen LogP contribution in [0.4, 0.5) is 0 Å². The van der Waals surface area contributed by atoms with E-state index in [0.29, 0.717) is 5.92 Å². The maximum absolute atomic E-state index is 10.7. The minimum Gasteiger partial charge on any atom is -0.390 e. The van der Waals surface area contributed by atoms with Crippen molar-refractivity contribution in [3.05, 3.63) is 35.4 Å². The van der Waals surface area contributed by atoms with Gasteiger partial charge >= 0.3 is 0 Å². The number of aliphatic hydroxyl groups is 1. The van der Waals surface area contributed by atoms with E-state index in [4.69, 9.17) is 0 Å². The quantitative estimate of drug-likeness (QED) is 0.824. The van der Waals surface area contributed by atoms with Crippen LogP contribution in [0, 0.1) is 18.8 Å². The molecule has 94 valence electrons. The average Bonchev–Trinajstić information content (AvgIpc) is 2.28. The fourth-order valence-corrected chi connectivity index (χ4v) is 3.01. The van der Waals surface area contributed by atoms with Gasteiger partial charge in [-0.3, -0.25) is 0 Å². The Morgan fingerprint density at radius 3 is 2.59 bits per heavy atom. The third-order valence-corrected chi connectivity index (χ3v) is 4.52. The van der Waals surface area contributed by atoms with Crippen LogP contribution in [0.1, 0.15) is 44.2 Å². The van der Waals surface area contributed by atoms with Crippen molar-refractivity contribution >= 4 is 0 Å². The number of hydrogen-bond acceptors (Lipinski definition) is 1. The highest BCUT2D eigenvalue weighted by molar-refractivity contribution is 5.27. The topological polar surface area (TPSA) is 20.2 Å². The Morgan fingerprint density at radius 1 is 1.24 bits per heavy atom. The van der Waals surface area contributed by atoms with Gasteiger partial charge in [-0.15, -0.1) is 0 Å². The summed E-state index contributed by atoms with van der Waals surface area (Å²) in [6.45, 7) is 6.71. The molecule has 1 aromatic rings. The van der Waals surface area contributed by atoms with Crippen LogP contribution >= 0.6 is 0 Å². The van der Waals surface area contributed by atoms with E-state index in [9.17, 15) is 5.11 Å². The molecule has 0 heterocycles. The largest absolute Gasteiger partial charge is 0.390 e. The zero-order chi connectivity index (χ0) is 12.5. The van der Waals surface area contributed by atoms with E-state index < -0.39 is 5.60 Å². The van der Waals surface area contributed by atoms with Crippen LogP contribution in [0.25, 0.3) is 0 Å². The molecule has 17 heavy (non-hydrogen) atoms. The van der Waals surface area contributed by atoms with Crippen molar-refractivity contribution in [2.24, 2.45) is 11.8 Å². The molecule has 0 radical (unpaired) electrons. The van der Waals surface area contributed by atoms with Crippen LogP contribution < -0.4 is 0 Å². The van der Waals surface area contributed by atoms with Crippen molar-refractivity contribution in [3.63, 3.8) is 0 Å². The second-order valence-corrected chi connectivity index (χ2v) is 6.02. The predicted molar refractivity (Wildman–Crippen MR) is 72.0 cm³/mol. The number of rotatable bonds is 2. The molecule has 3 unspecified atom stereocenters. The van der Waals surface area contributed by atoms with Gasteiger partial charge in [0.1, 0.15) is 0 Å². The first-order valence-electron chi connectivity index (χ1n) is 6.77. The molecule has 0 amide bonds. The van der Waals surface area contributed by atoms with Gasteiger partial charge in [0.15, 0.2) is 0 Å². The molecule has 0 saturated heterocycles. The van der Waals surface area contributed by atoms with Gasteiger partial charge in [-0.1, -0.05) is 38.1 Å². The molecule has 1 aromatic carbocycles. The van der Waals surface area contributed by atoms with Crippen molar-refractivity contribution < 1.29 is 5.11 Å². The fourth-order valence-electron chi connectivity index (χ4n) is 3.01. The van der Waals surface area contributed by atoms with Crippen molar-refractivity contribution in [3.8, 4) is 0 Å². The monoisotopic (exact) mass is 232 g/mol. The van der Waals surface area contributed by atoms with Crippen molar-refractivity contribution in [1.29, 1.82) is 0 Å². The van der Waals surface area contributed by atoms with E-state index in [1.165, 1.54) is 11.1 Å². The molecular formula is C16H24O. The van der Waals surface area contributed by atoms with E-state index >= 15 is 0 Å². The van der Waals surface area contributed by atoms with Crippen LogP contribution in [0.3, 0.4) is 0 Å². The number of aryl methyl sites for hydroxylation is 1. The fraction of sp³-hybridized carbons (Fsp3) is 0.625. The summed E-state index contributed by atoms with van der Waals surface area (Å²) in [6, 6.07) is 8.42. The van der Waals surface area contributed by atoms with Gasteiger partial charge in [-0.2, -0.15) is 0 Å². The number of benzene rings is 1. The molecule has 1 aliphatic carbocycles. The van der Waals surface area contributed by atoms with Crippen molar-refractivity contribution in [2.45, 2.75) is 52.1 Å². The Balaban J connectivity index is 2.10. The van der Waals surface area contributed by atoms with E-state index in [-0.39, 0.29) is 0 Å².